The maximum Gasteiger partial charge on any atom is 0.234 e. The minimum atomic E-state index is -0.0147. The van der Waals surface area contributed by atoms with Crippen LogP contribution in [0.3, 0.4) is 0 Å². The zero-order chi connectivity index (χ0) is 14.4. The molecule has 0 spiro atoms. The second-order valence-electron chi connectivity index (χ2n) is 4.39. The van der Waals surface area contributed by atoms with E-state index in [0.29, 0.717) is 11.4 Å². The molecular formula is C16H18N2OS. The first-order valence-electron chi connectivity index (χ1n) is 6.55. The lowest BCUT2D eigenvalue weighted by molar-refractivity contribution is -0.113. The first-order valence-corrected chi connectivity index (χ1v) is 7.54. The molecule has 2 aromatic carbocycles. The van der Waals surface area contributed by atoms with Crippen molar-refractivity contribution < 1.29 is 4.79 Å². The maximum absolute atomic E-state index is 12.0. The van der Waals surface area contributed by atoms with Gasteiger partial charge < -0.3 is 11.1 Å². The fraction of sp³-hybridized carbons (Fsp3) is 0.188. The van der Waals surface area contributed by atoms with Gasteiger partial charge in [-0.25, -0.2) is 0 Å². The van der Waals surface area contributed by atoms with E-state index >= 15 is 0 Å². The molecule has 0 saturated heterocycles. The number of nitrogen functional groups attached to an aromatic ring is 1. The maximum atomic E-state index is 12.0. The highest BCUT2D eigenvalue weighted by atomic mass is 32.2. The zero-order valence-electron chi connectivity index (χ0n) is 11.4. The van der Waals surface area contributed by atoms with Crippen molar-refractivity contribution >= 4 is 29.0 Å². The standard InChI is InChI=1S/C16H18N2OS/c1-2-12-7-3-5-9-14(12)18-16(19)11-20-15-10-6-4-8-13(15)17/h3-10H,2,11,17H2,1H3,(H,18,19). The molecule has 0 radical (unpaired) electrons. The molecule has 104 valence electrons. The third-order valence-corrected chi connectivity index (χ3v) is 4.04. The molecule has 20 heavy (non-hydrogen) atoms. The number of carbonyl (C=O) groups excluding carboxylic acids is 1. The Bertz CT molecular complexity index is 599. The SMILES string of the molecule is CCc1ccccc1NC(=O)CSc1ccccc1N. The average molecular weight is 286 g/mol. The Morgan fingerprint density at radius 2 is 1.85 bits per heavy atom. The second-order valence-corrected chi connectivity index (χ2v) is 5.40. The van der Waals surface area contributed by atoms with Crippen molar-refractivity contribution in [2.75, 3.05) is 16.8 Å². The van der Waals surface area contributed by atoms with Crippen LogP contribution in [-0.4, -0.2) is 11.7 Å². The molecule has 0 aromatic heterocycles. The molecule has 2 aromatic rings. The van der Waals surface area contributed by atoms with Crippen LogP contribution in [0.25, 0.3) is 0 Å². The molecule has 1 amide bonds. The van der Waals surface area contributed by atoms with Crippen LogP contribution >= 0.6 is 11.8 Å². The number of anilines is 2. The lowest BCUT2D eigenvalue weighted by atomic mass is 10.1. The Hall–Kier alpha value is -1.94. The molecule has 2 rings (SSSR count). The van der Waals surface area contributed by atoms with Gasteiger partial charge in [-0.1, -0.05) is 37.3 Å². The highest BCUT2D eigenvalue weighted by Gasteiger charge is 2.07. The predicted octanol–water partition coefficient (Wildman–Crippen LogP) is 3.56. The number of carbonyl (C=O) groups is 1. The number of rotatable bonds is 5. The van der Waals surface area contributed by atoms with Crippen LogP contribution in [-0.2, 0) is 11.2 Å². The fourth-order valence-corrected chi connectivity index (χ4v) is 2.66. The summed E-state index contributed by atoms with van der Waals surface area (Å²) in [6.07, 6.45) is 0.898. The topological polar surface area (TPSA) is 55.1 Å². The van der Waals surface area contributed by atoms with Gasteiger partial charge in [0.25, 0.3) is 0 Å². The molecule has 3 nitrogen and oxygen atoms in total. The van der Waals surface area contributed by atoms with Crippen molar-refractivity contribution in [2.24, 2.45) is 0 Å². The third kappa shape index (κ3) is 3.78. The number of aryl methyl sites for hydroxylation is 1. The summed E-state index contributed by atoms with van der Waals surface area (Å²) in [6, 6.07) is 15.4. The normalized spacial score (nSPS) is 10.2. The molecule has 0 heterocycles. The molecule has 0 saturated carbocycles. The molecule has 3 N–H and O–H groups in total. The highest BCUT2D eigenvalue weighted by molar-refractivity contribution is 8.00. The summed E-state index contributed by atoms with van der Waals surface area (Å²) in [4.78, 5) is 12.9. The van der Waals surface area contributed by atoms with Crippen molar-refractivity contribution in [3.05, 3.63) is 54.1 Å². The minimum Gasteiger partial charge on any atom is -0.398 e. The van der Waals surface area contributed by atoms with Crippen molar-refractivity contribution in [1.29, 1.82) is 0 Å². The molecule has 0 fully saturated rings. The van der Waals surface area contributed by atoms with Gasteiger partial charge in [-0.15, -0.1) is 11.8 Å². The van der Waals surface area contributed by atoms with Crippen molar-refractivity contribution in [2.45, 2.75) is 18.2 Å². The Morgan fingerprint density at radius 3 is 2.60 bits per heavy atom. The number of benzene rings is 2. The highest BCUT2D eigenvalue weighted by Crippen LogP contribution is 2.24. The number of thioether (sulfide) groups is 1. The van der Waals surface area contributed by atoms with Crippen LogP contribution in [0.15, 0.2) is 53.4 Å². The Labute approximate surface area is 123 Å². The van der Waals surface area contributed by atoms with Crippen LogP contribution in [0.5, 0.6) is 0 Å². The van der Waals surface area contributed by atoms with Crippen LogP contribution < -0.4 is 11.1 Å². The van der Waals surface area contributed by atoms with E-state index in [9.17, 15) is 4.79 Å². The van der Waals surface area contributed by atoms with Gasteiger partial charge in [0.15, 0.2) is 0 Å². The molecule has 0 aliphatic rings. The van der Waals surface area contributed by atoms with E-state index in [-0.39, 0.29) is 5.91 Å². The number of hydrogen-bond acceptors (Lipinski definition) is 3. The first-order chi connectivity index (χ1) is 9.70. The van der Waals surface area contributed by atoms with Gasteiger partial charge in [-0.2, -0.15) is 0 Å². The molecule has 4 heteroatoms. The number of hydrogen-bond donors (Lipinski definition) is 2. The second kappa shape index (κ2) is 7.01. The first kappa shape index (κ1) is 14.5. The van der Waals surface area contributed by atoms with Crippen molar-refractivity contribution in [1.82, 2.24) is 0 Å². The molecule has 0 unspecified atom stereocenters. The quantitative estimate of drug-likeness (QED) is 0.652. The summed E-state index contributed by atoms with van der Waals surface area (Å²) < 4.78 is 0. The van der Waals surface area contributed by atoms with E-state index < -0.39 is 0 Å². The van der Waals surface area contributed by atoms with Gasteiger partial charge >= 0.3 is 0 Å². The van der Waals surface area contributed by atoms with E-state index in [1.54, 1.807) is 0 Å². The lowest BCUT2D eigenvalue weighted by Gasteiger charge is -2.10. The number of amides is 1. The Morgan fingerprint density at radius 1 is 1.15 bits per heavy atom. The summed E-state index contributed by atoms with van der Waals surface area (Å²) in [5.74, 6) is 0.339. The van der Waals surface area contributed by atoms with Gasteiger partial charge in [-0.3, -0.25) is 4.79 Å². The van der Waals surface area contributed by atoms with E-state index in [0.717, 1.165) is 22.6 Å². The van der Waals surface area contributed by atoms with Crippen LogP contribution in [0.2, 0.25) is 0 Å². The van der Waals surface area contributed by atoms with E-state index in [1.807, 2.05) is 48.5 Å². The van der Waals surface area contributed by atoms with Crippen LogP contribution in [0, 0.1) is 0 Å². The van der Waals surface area contributed by atoms with Crippen molar-refractivity contribution in [3.8, 4) is 0 Å². The molecule has 0 aliphatic heterocycles. The summed E-state index contributed by atoms with van der Waals surface area (Å²) in [6.45, 7) is 2.07. The number of nitrogens with two attached hydrogens (primary N) is 1. The van der Waals surface area contributed by atoms with Gasteiger partial charge in [0.05, 0.1) is 5.75 Å². The summed E-state index contributed by atoms with van der Waals surface area (Å²) in [5, 5.41) is 2.95. The van der Waals surface area contributed by atoms with Gasteiger partial charge in [-0.05, 0) is 30.2 Å². The Balaban J connectivity index is 1.95. The van der Waals surface area contributed by atoms with Crippen LogP contribution in [0.1, 0.15) is 12.5 Å². The molecule has 0 bridgehead atoms. The Kier molecular flexibility index (Phi) is 5.07. The van der Waals surface area contributed by atoms with E-state index in [2.05, 4.69) is 12.2 Å². The van der Waals surface area contributed by atoms with Gasteiger partial charge in [0.1, 0.15) is 0 Å². The van der Waals surface area contributed by atoms with E-state index in [1.165, 1.54) is 11.8 Å². The largest absolute Gasteiger partial charge is 0.398 e. The number of para-hydroxylation sites is 2. The zero-order valence-corrected chi connectivity index (χ0v) is 12.2. The smallest absolute Gasteiger partial charge is 0.234 e. The lowest BCUT2D eigenvalue weighted by Crippen LogP contribution is -2.15. The minimum absolute atomic E-state index is 0.0147. The predicted molar refractivity (Wildman–Crippen MR) is 86.0 cm³/mol. The van der Waals surface area contributed by atoms with Gasteiger partial charge in [0, 0.05) is 16.3 Å². The molecular weight excluding hydrogens is 268 g/mol. The van der Waals surface area contributed by atoms with Crippen molar-refractivity contribution in [3.63, 3.8) is 0 Å². The monoisotopic (exact) mass is 286 g/mol. The number of nitrogens with one attached hydrogen (secondary N) is 1. The fourth-order valence-electron chi connectivity index (χ4n) is 1.89. The van der Waals surface area contributed by atoms with E-state index in [4.69, 9.17) is 5.73 Å². The van der Waals surface area contributed by atoms with Crippen LogP contribution in [0.4, 0.5) is 11.4 Å². The summed E-state index contributed by atoms with van der Waals surface area (Å²) in [5.41, 5.74) is 8.59. The summed E-state index contributed by atoms with van der Waals surface area (Å²) >= 11 is 1.45. The molecule has 0 aliphatic carbocycles. The van der Waals surface area contributed by atoms with Gasteiger partial charge in [0.2, 0.25) is 5.91 Å². The summed E-state index contributed by atoms with van der Waals surface area (Å²) in [7, 11) is 0. The molecule has 0 atom stereocenters. The third-order valence-electron chi connectivity index (χ3n) is 2.95. The average Bonchev–Trinajstić information content (AvgIpc) is 2.47.